The molecule has 1 heterocycles. The van der Waals surface area contributed by atoms with Gasteiger partial charge in [0.2, 0.25) is 10.0 Å². The maximum Gasteiger partial charge on any atom is 0.215 e. The average molecular weight is 356 g/mol. The van der Waals surface area contributed by atoms with E-state index in [2.05, 4.69) is 4.72 Å². The third-order valence-electron chi connectivity index (χ3n) is 3.69. The summed E-state index contributed by atoms with van der Waals surface area (Å²) in [6.07, 6.45) is 1.95. The van der Waals surface area contributed by atoms with Crippen LogP contribution in [-0.2, 0) is 22.8 Å². The number of aryl methyl sites for hydroxylation is 1. The van der Waals surface area contributed by atoms with Crippen molar-refractivity contribution in [2.75, 3.05) is 20.6 Å². The molecule has 0 fully saturated rings. The van der Waals surface area contributed by atoms with E-state index < -0.39 is 10.0 Å². The second-order valence-electron chi connectivity index (χ2n) is 5.76. The lowest BCUT2D eigenvalue weighted by atomic mass is 10.2. The van der Waals surface area contributed by atoms with Crippen molar-refractivity contribution in [3.05, 3.63) is 58.9 Å². The van der Waals surface area contributed by atoms with Crippen LogP contribution in [0.2, 0.25) is 5.02 Å². The third-order valence-corrected chi connectivity index (χ3v) is 5.25. The van der Waals surface area contributed by atoms with Gasteiger partial charge >= 0.3 is 0 Å². The first-order valence-electron chi connectivity index (χ1n) is 7.28. The minimum Gasteiger partial charge on any atom is -0.353 e. The average Bonchev–Trinajstić information content (AvgIpc) is 2.84. The summed E-state index contributed by atoms with van der Waals surface area (Å²) >= 11 is 5.90. The van der Waals surface area contributed by atoms with Crippen LogP contribution in [0.1, 0.15) is 17.3 Å². The number of hydrogen-bond donors (Lipinski definition) is 1. The molecule has 0 amide bonds. The molecule has 7 heteroatoms. The summed E-state index contributed by atoms with van der Waals surface area (Å²) in [6, 6.07) is 10.8. The number of nitrogens with one attached hydrogen (secondary N) is 1. The predicted octanol–water partition coefficient (Wildman–Crippen LogP) is 2.40. The van der Waals surface area contributed by atoms with Gasteiger partial charge in [-0.3, -0.25) is 4.90 Å². The van der Waals surface area contributed by atoms with Crippen molar-refractivity contribution in [1.29, 1.82) is 0 Å². The maximum atomic E-state index is 12.3. The van der Waals surface area contributed by atoms with E-state index >= 15 is 0 Å². The number of likely N-dealkylation sites (N-methyl/N-ethyl adjacent to an activating group) is 1. The van der Waals surface area contributed by atoms with Crippen molar-refractivity contribution in [3.63, 3.8) is 0 Å². The largest absolute Gasteiger partial charge is 0.353 e. The topological polar surface area (TPSA) is 54.3 Å². The van der Waals surface area contributed by atoms with Crippen molar-refractivity contribution in [2.24, 2.45) is 7.05 Å². The van der Waals surface area contributed by atoms with Gasteiger partial charge in [0.15, 0.2) is 0 Å². The van der Waals surface area contributed by atoms with E-state index in [4.69, 9.17) is 11.6 Å². The number of hydrogen-bond acceptors (Lipinski definition) is 3. The number of halogens is 1. The summed E-state index contributed by atoms with van der Waals surface area (Å²) in [4.78, 5) is 2.00. The van der Waals surface area contributed by atoms with Gasteiger partial charge in [-0.2, -0.15) is 0 Å². The highest BCUT2D eigenvalue weighted by Gasteiger charge is 2.20. The molecule has 2 aromatic rings. The molecule has 1 aromatic carbocycles. The first-order chi connectivity index (χ1) is 10.8. The molecule has 2 rings (SSSR count). The number of rotatable bonds is 7. The Labute approximate surface area is 142 Å². The van der Waals surface area contributed by atoms with E-state index in [0.29, 0.717) is 17.1 Å². The lowest BCUT2D eigenvalue weighted by Crippen LogP contribution is -2.36. The molecule has 0 saturated carbocycles. The SMILES string of the molecule is CN(C)C(CNS(=O)(=O)Cc1cccc(Cl)c1)c1cccn1C. The fourth-order valence-corrected chi connectivity index (χ4v) is 3.82. The third kappa shape index (κ3) is 5.07. The molecule has 0 aliphatic carbocycles. The smallest absolute Gasteiger partial charge is 0.215 e. The van der Waals surface area contributed by atoms with Gasteiger partial charge in [0.25, 0.3) is 0 Å². The number of aromatic nitrogens is 1. The van der Waals surface area contributed by atoms with Crippen molar-refractivity contribution in [3.8, 4) is 0 Å². The Balaban J connectivity index is 2.06. The van der Waals surface area contributed by atoms with Crippen molar-refractivity contribution in [1.82, 2.24) is 14.2 Å². The van der Waals surface area contributed by atoms with Crippen LogP contribution in [0.3, 0.4) is 0 Å². The van der Waals surface area contributed by atoms with E-state index in [9.17, 15) is 8.42 Å². The highest BCUT2D eigenvalue weighted by atomic mass is 35.5. The Bertz CT molecular complexity index is 756. The van der Waals surface area contributed by atoms with Crippen LogP contribution in [0.15, 0.2) is 42.6 Å². The summed E-state index contributed by atoms with van der Waals surface area (Å²) in [5.74, 6) is -0.0825. The molecule has 0 aliphatic heterocycles. The van der Waals surface area contributed by atoms with E-state index in [1.54, 1.807) is 24.3 Å². The lowest BCUT2D eigenvalue weighted by Gasteiger charge is -2.25. The molecule has 1 aromatic heterocycles. The number of nitrogens with zero attached hydrogens (tertiary/aromatic N) is 2. The van der Waals surface area contributed by atoms with E-state index in [1.807, 2.05) is 48.9 Å². The van der Waals surface area contributed by atoms with E-state index in [0.717, 1.165) is 5.69 Å². The summed E-state index contributed by atoms with van der Waals surface area (Å²) in [7, 11) is 2.39. The second kappa shape index (κ2) is 7.49. The van der Waals surface area contributed by atoms with Gasteiger partial charge in [-0.05, 0) is 43.9 Å². The second-order valence-corrected chi connectivity index (χ2v) is 8.00. The molecule has 1 N–H and O–H groups in total. The van der Waals surface area contributed by atoms with Gasteiger partial charge in [-0.25, -0.2) is 13.1 Å². The number of benzene rings is 1. The molecule has 23 heavy (non-hydrogen) atoms. The Morgan fingerprint density at radius 2 is 2.00 bits per heavy atom. The van der Waals surface area contributed by atoms with Gasteiger partial charge in [0.05, 0.1) is 11.8 Å². The molecule has 0 radical (unpaired) electrons. The minimum absolute atomic E-state index is 0.0378. The van der Waals surface area contributed by atoms with Crippen LogP contribution in [0.25, 0.3) is 0 Å². The molecule has 1 unspecified atom stereocenters. The van der Waals surface area contributed by atoms with Gasteiger partial charge in [-0.1, -0.05) is 23.7 Å². The molecular formula is C16H22ClN3O2S. The van der Waals surface area contributed by atoms with Crippen molar-refractivity contribution >= 4 is 21.6 Å². The Kier molecular flexibility index (Phi) is 5.86. The molecule has 0 spiro atoms. The van der Waals surface area contributed by atoms with Crippen LogP contribution in [0.4, 0.5) is 0 Å². The van der Waals surface area contributed by atoms with Crippen molar-refractivity contribution < 1.29 is 8.42 Å². The summed E-state index contributed by atoms with van der Waals surface area (Å²) in [5, 5.41) is 0.535. The zero-order chi connectivity index (χ0) is 17.0. The zero-order valence-electron chi connectivity index (χ0n) is 13.5. The van der Waals surface area contributed by atoms with Crippen LogP contribution >= 0.6 is 11.6 Å². The molecule has 1 atom stereocenters. The van der Waals surface area contributed by atoms with Gasteiger partial charge in [-0.15, -0.1) is 0 Å². The van der Waals surface area contributed by atoms with Crippen LogP contribution in [-0.4, -0.2) is 38.5 Å². The summed E-state index contributed by atoms with van der Waals surface area (Å²) in [6.45, 7) is 0.313. The molecule has 0 aliphatic rings. The Morgan fingerprint density at radius 1 is 1.26 bits per heavy atom. The van der Waals surface area contributed by atoms with Gasteiger partial charge < -0.3 is 4.57 Å². The normalized spacial score (nSPS) is 13.4. The first kappa shape index (κ1) is 18.0. The molecule has 0 bridgehead atoms. The van der Waals surface area contributed by atoms with E-state index in [-0.39, 0.29) is 11.8 Å². The lowest BCUT2D eigenvalue weighted by molar-refractivity contribution is 0.289. The maximum absolute atomic E-state index is 12.3. The summed E-state index contributed by atoms with van der Waals surface area (Å²) < 4.78 is 29.3. The zero-order valence-corrected chi connectivity index (χ0v) is 15.1. The highest BCUT2D eigenvalue weighted by molar-refractivity contribution is 7.88. The monoisotopic (exact) mass is 355 g/mol. The minimum atomic E-state index is -3.43. The molecule has 5 nitrogen and oxygen atoms in total. The Hall–Kier alpha value is -1.34. The van der Waals surface area contributed by atoms with Crippen LogP contribution in [0, 0.1) is 0 Å². The van der Waals surface area contributed by atoms with Crippen LogP contribution in [0.5, 0.6) is 0 Å². The molecular weight excluding hydrogens is 334 g/mol. The van der Waals surface area contributed by atoms with Gasteiger partial charge in [0, 0.05) is 30.5 Å². The predicted molar refractivity (Wildman–Crippen MR) is 93.9 cm³/mol. The van der Waals surface area contributed by atoms with Gasteiger partial charge in [0.1, 0.15) is 0 Å². The molecule has 126 valence electrons. The van der Waals surface area contributed by atoms with Crippen molar-refractivity contribution in [2.45, 2.75) is 11.8 Å². The highest BCUT2D eigenvalue weighted by Crippen LogP contribution is 2.18. The standard InChI is InChI=1S/C16H22ClN3O2S/c1-19(2)16(15-8-5-9-20(15)3)11-18-23(21,22)12-13-6-4-7-14(17)10-13/h4-10,16,18H,11-12H2,1-3H3. The fraction of sp³-hybridized carbons (Fsp3) is 0.375. The van der Waals surface area contributed by atoms with E-state index in [1.165, 1.54) is 0 Å². The first-order valence-corrected chi connectivity index (χ1v) is 9.31. The quantitative estimate of drug-likeness (QED) is 0.829. The number of sulfonamides is 1. The van der Waals surface area contributed by atoms with Crippen LogP contribution < -0.4 is 4.72 Å². The fourth-order valence-electron chi connectivity index (χ4n) is 2.48. The molecule has 0 saturated heterocycles. The summed E-state index contributed by atoms with van der Waals surface area (Å²) in [5.41, 5.74) is 1.73. The Morgan fingerprint density at radius 3 is 2.57 bits per heavy atom.